The molecule has 2 aromatic carbocycles. The summed E-state index contributed by atoms with van der Waals surface area (Å²) < 4.78 is 26.2. The molecule has 1 N–H and O–H groups in total. The third-order valence-corrected chi connectivity index (χ3v) is 7.40. The minimum absolute atomic E-state index is 0.115. The van der Waals surface area contributed by atoms with Gasteiger partial charge in [0.1, 0.15) is 6.04 Å². The molecule has 7 nitrogen and oxygen atoms in total. The van der Waals surface area contributed by atoms with Crippen molar-refractivity contribution < 1.29 is 18.0 Å². The van der Waals surface area contributed by atoms with E-state index in [1.54, 1.807) is 29.2 Å². The molecule has 2 aromatic rings. The molecule has 198 valence electrons. The van der Waals surface area contributed by atoms with E-state index in [-0.39, 0.29) is 31.3 Å². The second kappa shape index (κ2) is 14.2. The van der Waals surface area contributed by atoms with Gasteiger partial charge in [0, 0.05) is 31.1 Å². The lowest BCUT2D eigenvalue weighted by molar-refractivity contribution is -0.141. The molecule has 1 atom stereocenters. The molecule has 0 aromatic heterocycles. The highest BCUT2D eigenvalue weighted by atomic mass is 35.5. The first kappa shape index (κ1) is 29.6. The fraction of sp³-hybridized carbons (Fsp3) is 0.481. The number of carbonyl (C=O) groups excluding carboxylic acids is 2. The number of benzene rings is 2. The van der Waals surface area contributed by atoms with Crippen molar-refractivity contribution in [3.63, 3.8) is 0 Å². The van der Waals surface area contributed by atoms with E-state index in [0.29, 0.717) is 30.1 Å². The molecule has 2 rings (SSSR count). The topological polar surface area (TPSA) is 86.8 Å². The number of sulfonamides is 1. The summed E-state index contributed by atoms with van der Waals surface area (Å²) >= 11 is 6.02. The van der Waals surface area contributed by atoms with Crippen molar-refractivity contribution in [2.45, 2.75) is 65.5 Å². The lowest BCUT2D eigenvalue weighted by atomic mass is 10.1. The maximum absolute atomic E-state index is 13.4. The van der Waals surface area contributed by atoms with Crippen molar-refractivity contribution in [3.05, 3.63) is 64.7 Å². The largest absolute Gasteiger partial charge is 0.354 e. The first-order valence-corrected chi connectivity index (χ1v) is 14.7. The molecular formula is C27H38ClN3O4S. The van der Waals surface area contributed by atoms with Crippen LogP contribution >= 0.6 is 11.6 Å². The SMILES string of the molecule is CCCCNC(=O)[C@@H](CC)N(Cc1ccc(Cl)cc1)C(=O)CCCN(c1ccc(C)cc1)S(C)(=O)=O. The Bertz CT molecular complexity index is 1090. The highest BCUT2D eigenvalue weighted by Crippen LogP contribution is 2.20. The maximum Gasteiger partial charge on any atom is 0.242 e. The summed E-state index contributed by atoms with van der Waals surface area (Å²) in [6.45, 7) is 6.87. The highest BCUT2D eigenvalue weighted by molar-refractivity contribution is 7.92. The van der Waals surface area contributed by atoms with E-state index in [9.17, 15) is 18.0 Å². The summed E-state index contributed by atoms with van der Waals surface area (Å²) in [7, 11) is -3.52. The molecular weight excluding hydrogens is 498 g/mol. The highest BCUT2D eigenvalue weighted by Gasteiger charge is 2.28. The van der Waals surface area contributed by atoms with Gasteiger partial charge in [-0.05, 0) is 56.0 Å². The van der Waals surface area contributed by atoms with Crippen LogP contribution in [-0.2, 0) is 26.2 Å². The van der Waals surface area contributed by atoms with Gasteiger partial charge in [0.2, 0.25) is 21.8 Å². The standard InChI is InChI=1S/C27H38ClN3O4S/c1-5-7-18-29-27(33)25(6-2)30(20-22-12-14-23(28)15-13-22)26(32)9-8-19-31(36(4,34)35)24-16-10-21(3)11-17-24/h10-17,25H,5-9,18-20H2,1-4H3,(H,29,33)/t25-/m1/s1. The molecule has 0 bridgehead atoms. The third-order valence-electron chi connectivity index (χ3n) is 5.96. The summed E-state index contributed by atoms with van der Waals surface area (Å²) in [6.07, 6.45) is 3.90. The Labute approximate surface area is 220 Å². The molecule has 0 aliphatic rings. The van der Waals surface area contributed by atoms with E-state index in [1.807, 2.05) is 38.1 Å². The Kier molecular flexibility index (Phi) is 11.7. The number of unbranched alkanes of at least 4 members (excludes halogenated alkanes) is 1. The minimum atomic E-state index is -3.52. The van der Waals surface area contributed by atoms with Crippen LogP contribution in [0.3, 0.4) is 0 Å². The molecule has 0 heterocycles. The Morgan fingerprint density at radius 2 is 1.64 bits per heavy atom. The van der Waals surface area contributed by atoms with E-state index in [0.717, 1.165) is 30.2 Å². The predicted octanol–water partition coefficient (Wildman–Crippen LogP) is 4.92. The number of rotatable bonds is 14. The Morgan fingerprint density at radius 3 is 2.19 bits per heavy atom. The molecule has 0 fully saturated rings. The number of nitrogens with one attached hydrogen (secondary N) is 1. The Morgan fingerprint density at radius 1 is 1.00 bits per heavy atom. The van der Waals surface area contributed by atoms with Crippen molar-refractivity contribution in [1.82, 2.24) is 10.2 Å². The maximum atomic E-state index is 13.4. The van der Waals surface area contributed by atoms with E-state index in [4.69, 9.17) is 11.6 Å². The summed E-state index contributed by atoms with van der Waals surface area (Å²) in [6, 6.07) is 13.8. The van der Waals surface area contributed by atoms with Crippen LogP contribution in [0.4, 0.5) is 5.69 Å². The van der Waals surface area contributed by atoms with E-state index >= 15 is 0 Å². The monoisotopic (exact) mass is 535 g/mol. The molecule has 2 amide bonds. The van der Waals surface area contributed by atoms with Gasteiger partial charge in [-0.1, -0.05) is 61.7 Å². The van der Waals surface area contributed by atoms with Crippen LogP contribution < -0.4 is 9.62 Å². The van der Waals surface area contributed by atoms with Crippen LogP contribution in [0.1, 0.15) is 57.1 Å². The molecule has 9 heteroatoms. The van der Waals surface area contributed by atoms with Gasteiger partial charge in [0.05, 0.1) is 11.9 Å². The van der Waals surface area contributed by atoms with E-state index in [2.05, 4.69) is 12.2 Å². The Hall–Kier alpha value is -2.58. The van der Waals surface area contributed by atoms with Gasteiger partial charge in [-0.3, -0.25) is 13.9 Å². The van der Waals surface area contributed by atoms with Gasteiger partial charge in [0.15, 0.2) is 0 Å². The van der Waals surface area contributed by atoms with Gasteiger partial charge >= 0.3 is 0 Å². The average Bonchev–Trinajstić information content (AvgIpc) is 2.83. The number of nitrogens with zero attached hydrogens (tertiary/aromatic N) is 2. The fourth-order valence-electron chi connectivity index (χ4n) is 3.93. The quantitative estimate of drug-likeness (QED) is 0.348. The lowest BCUT2D eigenvalue weighted by Gasteiger charge is -2.31. The minimum Gasteiger partial charge on any atom is -0.354 e. The van der Waals surface area contributed by atoms with Crippen LogP contribution in [0.2, 0.25) is 5.02 Å². The normalized spacial score (nSPS) is 12.1. The number of carbonyl (C=O) groups is 2. The number of anilines is 1. The summed E-state index contributed by atoms with van der Waals surface area (Å²) in [5.41, 5.74) is 2.46. The number of halogens is 1. The van der Waals surface area contributed by atoms with E-state index in [1.165, 1.54) is 4.31 Å². The first-order valence-electron chi connectivity index (χ1n) is 12.4. The zero-order chi connectivity index (χ0) is 26.7. The molecule has 0 saturated heterocycles. The number of aryl methyl sites for hydroxylation is 1. The van der Waals surface area contributed by atoms with Gasteiger partial charge in [-0.15, -0.1) is 0 Å². The molecule has 0 radical (unpaired) electrons. The first-order chi connectivity index (χ1) is 17.1. The van der Waals surface area contributed by atoms with Crippen molar-refractivity contribution in [1.29, 1.82) is 0 Å². The fourth-order valence-corrected chi connectivity index (χ4v) is 5.02. The summed E-state index contributed by atoms with van der Waals surface area (Å²) in [4.78, 5) is 28.0. The van der Waals surface area contributed by atoms with Crippen LogP contribution in [0, 0.1) is 6.92 Å². The van der Waals surface area contributed by atoms with E-state index < -0.39 is 16.1 Å². The smallest absolute Gasteiger partial charge is 0.242 e. The molecule has 36 heavy (non-hydrogen) atoms. The van der Waals surface area contributed by atoms with Crippen molar-refractivity contribution in [2.24, 2.45) is 0 Å². The van der Waals surface area contributed by atoms with Crippen molar-refractivity contribution in [2.75, 3.05) is 23.7 Å². The average molecular weight is 536 g/mol. The van der Waals surface area contributed by atoms with Crippen molar-refractivity contribution >= 4 is 39.1 Å². The summed E-state index contributed by atoms with van der Waals surface area (Å²) in [5, 5.41) is 3.54. The zero-order valence-electron chi connectivity index (χ0n) is 21.7. The van der Waals surface area contributed by atoms with Crippen LogP contribution in [-0.4, -0.2) is 50.5 Å². The number of hydrogen-bond donors (Lipinski definition) is 1. The lowest BCUT2D eigenvalue weighted by Crippen LogP contribution is -2.49. The second-order valence-electron chi connectivity index (χ2n) is 8.99. The van der Waals surface area contributed by atoms with Gasteiger partial charge in [-0.2, -0.15) is 0 Å². The predicted molar refractivity (Wildman–Crippen MR) is 147 cm³/mol. The summed E-state index contributed by atoms with van der Waals surface area (Å²) in [5.74, 6) is -0.370. The van der Waals surface area contributed by atoms with Crippen LogP contribution in [0.15, 0.2) is 48.5 Å². The van der Waals surface area contributed by atoms with Crippen LogP contribution in [0.25, 0.3) is 0 Å². The Balaban J connectivity index is 2.18. The van der Waals surface area contributed by atoms with Crippen molar-refractivity contribution in [3.8, 4) is 0 Å². The van der Waals surface area contributed by atoms with Gasteiger partial charge < -0.3 is 10.2 Å². The molecule has 0 aliphatic carbocycles. The molecule has 0 saturated carbocycles. The number of hydrogen-bond acceptors (Lipinski definition) is 4. The molecule has 0 unspecified atom stereocenters. The second-order valence-corrected chi connectivity index (χ2v) is 11.3. The molecule has 0 aliphatic heterocycles. The van der Waals surface area contributed by atoms with Gasteiger partial charge in [0.25, 0.3) is 0 Å². The molecule has 0 spiro atoms. The van der Waals surface area contributed by atoms with Gasteiger partial charge in [-0.25, -0.2) is 8.42 Å². The number of amides is 2. The zero-order valence-corrected chi connectivity index (χ0v) is 23.2. The van der Waals surface area contributed by atoms with Crippen LogP contribution in [0.5, 0.6) is 0 Å². The third kappa shape index (κ3) is 9.13.